The summed E-state index contributed by atoms with van der Waals surface area (Å²) < 4.78 is 71.4. The van der Waals surface area contributed by atoms with Crippen LogP contribution in [0.25, 0.3) is 0 Å². The molecule has 0 aliphatic carbocycles. The smallest absolute Gasteiger partial charge is 0.264 e. The Morgan fingerprint density at radius 3 is 2.56 bits per heavy atom. The molecule has 1 atom stereocenters. The molecule has 0 spiro atoms. The molecule has 0 saturated heterocycles. The first-order valence-corrected chi connectivity index (χ1v) is 11.6. The first kappa shape index (κ1) is 19.8. The minimum absolute atomic E-state index is 0.00132. The summed E-state index contributed by atoms with van der Waals surface area (Å²) in [6.45, 7) is 0.437. The highest BCUT2D eigenvalue weighted by atomic mass is 32.2. The van der Waals surface area contributed by atoms with Crippen LogP contribution in [0, 0.1) is 5.82 Å². The fourth-order valence-electron chi connectivity index (χ4n) is 3.02. The van der Waals surface area contributed by atoms with E-state index < -0.39 is 25.8 Å². The van der Waals surface area contributed by atoms with Crippen molar-refractivity contribution in [3.05, 3.63) is 53.8 Å². The van der Waals surface area contributed by atoms with E-state index >= 15 is 0 Å². The third kappa shape index (κ3) is 4.66. The van der Waals surface area contributed by atoms with Crippen molar-refractivity contribution in [1.29, 1.82) is 0 Å². The molecule has 3 rings (SSSR count). The van der Waals surface area contributed by atoms with Gasteiger partial charge in [0.05, 0.1) is 29.3 Å². The molecule has 0 bridgehead atoms. The van der Waals surface area contributed by atoms with Crippen molar-refractivity contribution < 1.29 is 30.1 Å². The number of hydrogen-bond acceptors (Lipinski definition) is 6. The van der Waals surface area contributed by atoms with Gasteiger partial charge < -0.3 is 4.74 Å². The summed E-state index contributed by atoms with van der Waals surface area (Å²) in [4.78, 5) is -0.115. The number of halogens is 1. The van der Waals surface area contributed by atoms with E-state index in [1.165, 1.54) is 30.3 Å². The van der Waals surface area contributed by atoms with Crippen LogP contribution in [-0.4, -0.2) is 36.3 Å². The largest absolute Gasteiger partial charge is 0.493 e. The second kappa shape index (κ2) is 7.57. The van der Waals surface area contributed by atoms with Crippen LogP contribution in [0.4, 0.5) is 4.39 Å². The summed E-state index contributed by atoms with van der Waals surface area (Å²) in [6, 6.07) is 9.38. The van der Waals surface area contributed by atoms with Gasteiger partial charge in [-0.25, -0.2) is 12.8 Å². The second-order valence-electron chi connectivity index (χ2n) is 6.31. The van der Waals surface area contributed by atoms with Crippen LogP contribution < -0.4 is 4.74 Å². The number of benzene rings is 2. The van der Waals surface area contributed by atoms with Crippen molar-refractivity contribution in [2.24, 2.45) is 0 Å². The van der Waals surface area contributed by atoms with E-state index in [2.05, 4.69) is 0 Å². The molecule has 0 amide bonds. The summed E-state index contributed by atoms with van der Waals surface area (Å²) in [7, 11) is -7.38. The molecule has 0 aromatic heterocycles. The fraction of sp³-hybridized carbons (Fsp3) is 0.333. The lowest BCUT2D eigenvalue weighted by Crippen LogP contribution is -2.17. The van der Waals surface area contributed by atoms with E-state index in [0.29, 0.717) is 25.2 Å². The highest BCUT2D eigenvalue weighted by Gasteiger charge is 2.25. The van der Waals surface area contributed by atoms with E-state index in [9.17, 15) is 21.2 Å². The molecule has 2 aromatic rings. The zero-order chi connectivity index (χ0) is 19.7. The van der Waals surface area contributed by atoms with Crippen molar-refractivity contribution in [2.75, 3.05) is 19.5 Å². The van der Waals surface area contributed by atoms with Crippen LogP contribution in [0.1, 0.15) is 24.3 Å². The van der Waals surface area contributed by atoms with Gasteiger partial charge in [0.15, 0.2) is 0 Å². The van der Waals surface area contributed by atoms with Crippen LogP contribution in [0.3, 0.4) is 0 Å². The first-order chi connectivity index (χ1) is 12.7. The maximum absolute atomic E-state index is 13.4. The Kier molecular flexibility index (Phi) is 5.55. The first-order valence-electron chi connectivity index (χ1n) is 8.28. The van der Waals surface area contributed by atoms with Gasteiger partial charge in [0.2, 0.25) is 9.84 Å². The number of fused-ring (bicyclic) bond motifs is 1. The van der Waals surface area contributed by atoms with Gasteiger partial charge in [-0.3, -0.25) is 4.18 Å². The SMILES string of the molecule is CS(=O)(=O)OCCC1CCOc2cc(S(=O)(=O)c3cccc(F)c3)ccc21. The minimum atomic E-state index is -3.87. The Balaban J connectivity index is 1.86. The van der Waals surface area contributed by atoms with Gasteiger partial charge >= 0.3 is 0 Å². The molecule has 0 saturated carbocycles. The predicted octanol–water partition coefficient (Wildman–Crippen LogP) is 2.89. The lowest BCUT2D eigenvalue weighted by atomic mass is 9.91. The molecule has 0 radical (unpaired) electrons. The third-order valence-corrected chi connectivity index (χ3v) is 6.67. The molecule has 1 heterocycles. The van der Waals surface area contributed by atoms with Crippen molar-refractivity contribution in [3.63, 3.8) is 0 Å². The molecular formula is C18H19FO6S2. The zero-order valence-corrected chi connectivity index (χ0v) is 16.2. The Bertz CT molecular complexity index is 1050. The van der Waals surface area contributed by atoms with Crippen LogP contribution in [-0.2, 0) is 24.1 Å². The molecule has 6 nitrogen and oxygen atoms in total. The van der Waals surface area contributed by atoms with E-state index in [1.54, 1.807) is 6.07 Å². The normalized spacial score (nSPS) is 17.2. The van der Waals surface area contributed by atoms with E-state index in [0.717, 1.165) is 17.9 Å². The lowest BCUT2D eigenvalue weighted by Gasteiger charge is -2.26. The molecule has 1 aliphatic heterocycles. The second-order valence-corrected chi connectivity index (χ2v) is 9.90. The number of ether oxygens (including phenoxy) is 1. The standard InChI is InChI=1S/C18H19FO6S2/c1-26(20,21)25-10-8-13-7-9-24-18-12-16(5-6-17(13)18)27(22,23)15-4-2-3-14(19)11-15/h2-6,11-13H,7-10H2,1H3. The topological polar surface area (TPSA) is 86.7 Å². The summed E-state index contributed by atoms with van der Waals surface area (Å²) in [5, 5.41) is 0. The van der Waals surface area contributed by atoms with Crippen molar-refractivity contribution in [1.82, 2.24) is 0 Å². The van der Waals surface area contributed by atoms with E-state index in [-0.39, 0.29) is 22.3 Å². The molecule has 0 fully saturated rings. The summed E-state index contributed by atoms with van der Waals surface area (Å²) in [6.07, 6.45) is 2.14. The third-order valence-electron chi connectivity index (χ3n) is 4.33. The number of hydrogen-bond donors (Lipinski definition) is 0. The molecule has 27 heavy (non-hydrogen) atoms. The fourth-order valence-corrected chi connectivity index (χ4v) is 4.73. The van der Waals surface area contributed by atoms with Crippen LogP contribution in [0.5, 0.6) is 5.75 Å². The Hall–Kier alpha value is -1.97. The Labute approximate surface area is 158 Å². The molecule has 2 aromatic carbocycles. The summed E-state index contributed by atoms with van der Waals surface area (Å²) in [5.41, 5.74) is 0.802. The number of sulfone groups is 1. The lowest BCUT2D eigenvalue weighted by molar-refractivity contribution is 0.241. The summed E-state index contributed by atoms with van der Waals surface area (Å²) >= 11 is 0. The van der Waals surface area contributed by atoms with Crippen LogP contribution in [0.2, 0.25) is 0 Å². The van der Waals surface area contributed by atoms with Gasteiger partial charge in [0.1, 0.15) is 11.6 Å². The highest BCUT2D eigenvalue weighted by molar-refractivity contribution is 7.91. The van der Waals surface area contributed by atoms with Gasteiger partial charge in [-0.15, -0.1) is 0 Å². The zero-order valence-electron chi connectivity index (χ0n) is 14.6. The molecule has 146 valence electrons. The Morgan fingerprint density at radius 2 is 1.85 bits per heavy atom. The average molecular weight is 414 g/mol. The van der Waals surface area contributed by atoms with Crippen LogP contribution in [0.15, 0.2) is 52.3 Å². The van der Waals surface area contributed by atoms with Crippen molar-refractivity contribution in [2.45, 2.75) is 28.6 Å². The average Bonchev–Trinajstić information content (AvgIpc) is 2.60. The maximum atomic E-state index is 13.4. The van der Waals surface area contributed by atoms with Gasteiger partial charge in [-0.05, 0) is 54.7 Å². The Morgan fingerprint density at radius 1 is 1.11 bits per heavy atom. The highest BCUT2D eigenvalue weighted by Crippen LogP contribution is 2.38. The molecule has 9 heteroatoms. The van der Waals surface area contributed by atoms with Gasteiger partial charge in [-0.2, -0.15) is 8.42 Å². The number of rotatable bonds is 6. The maximum Gasteiger partial charge on any atom is 0.264 e. The summed E-state index contributed by atoms with van der Waals surface area (Å²) in [5.74, 6) is -0.194. The van der Waals surface area contributed by atoms with E-state index in [4.69, 9.17) is 8.92 Å². The van der Waals surface area contributed by atoms with Gasteiger partial charge in [0, 0.05) is 0 Å². The quantitative estimate of drug-likeness (QED) is 0.676. The van der Waals surface area contributed by atoms with Crippen molar-refractivity contribution in [3.8, 4) is 5.75 Å². The molecular weight excluding hydrogens is 395 g/mol. The molecule has 1 unspecified atom stereocenters. The van der Waals surface area contributed by atoms with Crippen LogP contribution >= 0.6 is 0 Å². The molecule has 1 aliphatic rings. The minimum Gasteiger partial charge on any atom is -0.493 e. The predicted molar refractivity (Wildman–Crippen MR) is 96.6 cm³/mol. The van der Waals surface area contributed by atoms with E-state index in [1.807, 2.05) is 0 Å². The van der Waals surface area contributed by atoms with Gasteiger partial charge in [-0.1, -0.05) is 12.1 Å². The molecule has 0 N–H and O–H groups in total. The van der Waals surface area contributed by atoms with Gasteiger partial charge in [0.25, 0.3) is 10.1 Å². The monoisotopic (exact) mass is 414 g/mol. The van der Waals surface area contributed by atoms with Crippen molar-refractivity contribution >= 4 is 20.0 Å².